The highest BCUT2D eigenvalue weighted by Crippen LogP contribution is 1.96. The lowest BCUT2D eigenvalue weighted by atomic mass is 10.6. The van der Waals surface area contributed by atoms with E-state index in [2.05, 4.69) is 17.5 Å². The minimum absolute atomic E-state index is 0.0245. The number of amides is 1. The van der Waals surface area contributed by atoms with E-state index in [0.717, 1.165) is 5.75 Å². The van der Waals surface area contributed by atoms with E-state index in [4.69, 9.17) is 5.73 Å². The van der Waals surface area contributed by atoms with Crippen LogP contribution in [0.5, 0.6) is 0 Å². The van der Waals surface area contributed by atoms with Crippen LogP contribution in [-0.4, -0.2) is 22.5 Å². The standard InChI is InChI=1S/C5H10N2OS2/c1-4(8)7-2-3-10-5(6)9/h2-3H2,1H3,(H2,6,9)(H,7,8). The summed E-state index contributed by atoms with van der Waals surface area (Å²) in [5, 5.41) is 2.63. The normalized spacial score (nSPS) is 8.90. The lowest BCUT2D eigenvalue weighted by Gasteiger charge is -1.99. The molecule has 0 heterocycles. The Bertz CT molecular complexity index is 122. The lowest BCUT2D eigenvalue weighted by molar-refractivity contribution is -0.118. The summed E-state index contributed by atoms with van der Waals surface area (Å²) in [6.07, 6.45) is 0. The highest BCUT2D eigenvalue weighted by Gasteiger charge is 1.91. The second-order valence-corrected chi connectivity index (χ2v) is 3.49. The Balaban J connectivity index is 3.06. The molecule has 3 nitrogen and oxygen atoms in total. The fraction of sp³-hybridized carbons (Fsp3) is 0.600. The molecule has 0 atom stereocenters. The van der Waals surface area contributed by atoms with Gasteiger partial charge in [0.1, 0.15) is 4.32 Å². The van der Waals surface area contributed by atoms with Crippen LogP contribution in [0, 0.1) is 0 Å². The predicted molar refractivity (Wildman–Crippen MR) is 47.9 cm³/mol. The molecule has 10 heavy (non-hydrogen) atoms. The van der Waals surface area contributed by atoms with Crippen molar-refractivity contribution in [2.75, 3.05) is 12.3 Å². The quantitative estimate of drug-likeness (QED) is 0.475. The van der Waals surface area contributed by atoms with Gasteiger partial charge in [0.15, 0.2) is 0 Å². The third-order valence-corrected chi connectivity index (χ3v) is 1.77. The first-order chi connectivity index (χ1) is 4.63. The molecule has 5 heteroatoms. The first-order valence-corrected chi connectivity index (χ1v) is 4.19. The van der Waals surface area contributed by atoms with E-state index in [1.807, 2.05) is 0 Å². The van der Waals surface area contributed by atoms with Crippen LogP contribution in [0.3, 0.4) is 0 Å². The maximum Gasteiger partial charge on any atom is 0.216 e. The Morgan fingerprint density at radius 1 is 1.80 bits per heavy atom. The molecule has 0 fully saturated rings. The Morgan fingerprint density at radius 3 is 2.80 bits per heavy atom. The number of hydrogen-bond acceptors (Lipinski definition) is 3. The molecule has 1 amide bonds. The molecular weight excluding hydrogens is 168 g/mol. The van der Waals surface area contributed by atoms with E-state index in [0.29, 0.717) is 10.9 Å². The highest BCUT2D eigenvalue weighted by molar-refractivity contribution is 8.22. The molecule has 0 saturated heterocycles. The van der Waals surface area contributed by atoms with Crippen LogP contribution in [0.1, 0.15) is 6.92 Å². The number of thioether (sulfide) groups is 1. The average molecular weight is 178 g/mol. The summed E-state index contributed by atoms with van der Waals surface area (Å²) in [6.45, 7) is 2.10. The van der Waals surface area contributed by atoms with Gasteiger partial charge >= 0.3 is 0 Å². The summed E-state index contributed by atoms with van der Waals surface area (Å²) in [7, 11) is 0. The van der Waals surface area contributed by atoms with Crippen molar-refractivity contribution >= 4 is 34.2 Å². The second kappa shape index (κ2) is 5.49. The molecular formula is C5H10N2OS2. The molecule has 58 valence electrons. The van der Waals surface area contributed by atoms with Gasteiger partial charge in [-0.25, -0.2) is 0 Å². The number of rotatable bonds is 3. The van der Waals surface area contributed by atoms with Gasteiger partial charge in [0, 0.05) is 19.2 Å². The first-order valence-electron chi connectivity index (χ1n) is 2.79. The molecule has 0 spiro atoms. The zero-order valence-electron chi connectivity index (χ0n) is 5.72. The highest BCUT2D eigenvalue weighted by atomic mass is 32.2. The minimum Gasteiger partial charge on any atom is -0.385 e. The zero-order chi connectivity index (χ0) is 7.98. The fourth-order valence-corrected chi connectivity index (χ4v) is 1.03. The van der Waals surface area contributed by atoms with Crippen LogP contribution < -0.4 is 11.1 Å². The summed E-state index contributed by atoms with van der Waals surface area (Å²) < 4.78 is 0.422. The maximum absolute atomic E-state index is 10.3. The topological polar surface area (TPSA) is 55.1 Å². The van der Waals surface area contributed by atoms with Crippen LogP contribution in [-0.2, 0) is 4.79 Å². The van der Waals surface area contributed by atoms with Gasteiger partial charge in [0.05, 0.1) is 0 Å². The van der Waals surface area contributed by atoms with Crippen molar-refractivity contribution in [1.29, 1.82) is 0 Å². The van der Waals surface area contributed by atoms with Gasteiger partial charge in [-0.15, -0.1) is 0 Å². The third-order valence-electron chi connectivity index (χ3n) is 0.720. The Kier molecular flexibility index (Phi) is 5.33. The fourth-order valence-electron chi connectivity index (χ4n) is 0.379. The minimum atomic E-state index is -0.0245. The van der Waals surface area contributed by atoms with Crippen molar-refractivity contribution in [1.82, 2.24) is 5.32 Å². The molecule has 0 aliphatic heterocycles. The van der Waals surface area contributed by atoms with Gasteiger partial charge in [-0.05, 0) is 0 Å². The van der Waals surface area contributed by atoms with E-state index < -0.39 is 0 Å². The number of nitrogens with two attached hydrogens (primary N) is 1. The maximum atomic E-state index is 10.3. The molecule has 0 unspecified atom stereocenters. The van der Waals surface area contributed by atoms with Crippen LogP contribution in [0.4, 0.5) is 0 Å². The van der Waals surface area contributed by atoms with Crippen molar-refractivity contribution < 1.29 is 4.79 Å². The Morgan fingerprint density at radius 2 is 2.40 bits per heavy atom. The predicted octanol–water partition coefficient (Wildman–Crippen LogP) is 0.0993. The molecule has 3 N–H and O–H groups in total. The number of thiocarbonyl (C=S) groups is 1. The number of nitrogens with one attached hydrogen (secondary N) is 1. The number of carbonyl (C=O) groups excluding carboxylic acids is 1. The van der Waals surface area contributed by atoms with Gasteiger partial charge in [0.2, 0.25) is 5.91 Å². The third kappa shape index (κ3) is 7.71. The number of hydrogen-bond donors (Lipinski definition) is 2. The van der Waals surface area contributed by atoms with E-state index in [9.17, 15) is 4.79 Å². The van der Waals surface area contributed by atoms with Crippen molar-refractivity contribution in [2.45, 2.75) is 6.92 Å². The molecule has 0 radical (unpaired) electrons. The van der Waals surface area contributed by atoms with E-state index in [1.165, 1.54) is 18.7 Å². The van der Waals surface area contributed by atoms with Gasteiger partial charge in [-0.3, -0.25) is 4.79 Å². The van der Waals surface area contributed by atoms with Crippen LogP contribution in [0.25, 0.3) is 0 Å². The van der Waals surface area contributed by atoms with Gasteiger partial charge in [-0.2, -0.15) is 0 Å². The largest absolute Gasteiger partial charge is 0.385 e. The van der Waals surface area contributed by atoms with Crippen molar-refractivity contribution in [3.05, 3.63) is 0 Å². The van der Waals surface area contributed by atoms with Crippen LogP contribution in [0.15, 0.2) is 0 Å². The molecule has 0 rings (SSSR count). The van der Waals surface area contributed by atoms with Crippen molar-refractivity contribution in [2.24, 2.45) is 5.73 Å². The Hall–Kier alpha value is -0.290. The van der Waals surface area contributed by atoms with Crippen LogP contribution in [0.2, 0.25) is 0 Å². The molecule has 0 aromatic carbocycles. The zero-order valence-corrected chi connectivity index (χ0v) is 7.35. The molecule has 0 aliphatic carbocycles. The first kappa shape index (κ1) is 9.71. The average Bonchev–Trinajstić information content (AvgIpc) is 1.79. The van der Waals surface area contributed by atoms with Crippen molar-refractivity contribution in [3.8, 4) is 0 Å². The molecule has 0 aromatic rings. The van der Waals surface area contributed by atoms with Crippen LogP contribution >= 0.6 is 24.0 Å². The molecule has 0 aliphatic rings. The monoisotopic (exact) mass is 178 g/mol. The lowest BCUT2D eigenvalue weighted by Crippen LogP contribution is -2.23. The summed E-state index contributed by atoms with van der Waals surface area (Å²) in [5.74, 6) is 0.720. The van der Waals surface area contributed by atoms with E-state index in [1.54, 1.807) is 0 Å². The van der Waals surface area contributed by atoms with Gasteiger partial charge < -0.3 is 11.1 Å². The van der Waals surface area contributed by atoms with Gasteiger partial charge in [0.25, 0.3) is 0 Å². The Labute approximate surface area is 69.7 Å². The second-order valence-electron chi connectivity index (χ2n) is 1.65. The number of carbonyl (C=O) groups is 1. The summed E-state index contributed by atoms with van der Waals surface area (Å²) in [4.78, 5) is 10.3. The molecule has 0 aromatic heterocycles. The SMILES string of the molecule is CC(=O)NCCSC(N)=S. The van der Waals surface area contributed by atoms with Crippen molar-refractivity contribution in [3.63, 3.8) is 0 Å². The summed E-state index contributed by atoms with van der Waals surface area (Å²) in [5.41, 5.74) is 5.19. The molecule has 0 bridgehead atoms. The van der Waals surface area contributed by atoms with E-state index >= 15 is 0 Å². The van der Waals surface area contributed by atoms with Gasteiger partial charge in [-0.1, -0.05) is 24.0 Å². The van der Waals surface area contributed by atoms with E-state index in [-0.39, 0.29) is 5.91 Å². The summed E-state index contributed by atoms with van der Waals surface area (Å²) in [6, 6.07) is 0. The summed E-state index contributed by atoms with van der Waals surface area (Å²) >= 11 is 5.97. The smallest absolute Gasteiger partial charge is 0.216 e. The molecule has 0 saturated carbocycles.